The number of aromatic nitrogens is 2. The number of benzene rings is 1. The second kappa shape index (κ2) is 5.03. The summed E-state index contributed by atoms with van der Waals surface area (Å²) in [6.45, 7) is 2.18. The molecular weight excluding hydrogens is 216 g/mol. The summed E-state index contributed by atoms with van der Waals surface area (Å²) in [6, 6.07) is 8.47. The van der Waals surface area contributed by atoms with Crippen molar-refractivity contribution in [3.8, 4) is 11.1 Å². The van der Waals surface area contributed by atoms with Crippen molar-refractivity contribution in [1.29, 1.82) is 0 Å². The number of nitrogens with zero attached hydrogens (tertiary/aromatic N) is 1. The van der Waals surface area contributed by atoms with Crippen LogP contribution in [0.3, 0.4) is 0 Å². The van der Waals surface area contributed by atoms with E-state index in [1.807, 2.05) is 6.20 Å². The van der Waals surface area contributed by atoms with Gasteiger partial charge in [-0.3, -0.25) is 0 Å². The summed E-state index contributed by atoms with van der Waals surface area (Å²) < 4.78 is 0.739. The van der Waals surface area contributed by atoms with E-state index in [2.05, 4.69) is 41.2 Å². The summed E-state index contributed by atoms with van der Waals surface area (Å²) in [5.74, 6) is 0. The first-order chi connectivity index (χ1) is 7.81. The Bertz CT molecular complexity index is 531. The number of rotatable bonds is 3. The van der Waals surface area contributed by atoms with Gasteiger partial charge in [0, 0.05) is 11.8 Å². The molecule has 0 aliphatic heterocycles. The van der Waals surface area contributed by atoms with E-state index in [1.54, 1.807) is 6.33 Å². The molecule has 1 aromatic carbocycles. The van der Waals surface area contributed by atoms with Crippen LogP contribution in [-0.2, 0) is 6.42 Å². The first kappa shape index (κ1) is 11.0. The van der Waals surface area contributed by atoms with Crippen LogP contribution >= 0.6 is 12.2 Å². The fourth-order valence-electron chi connectivity index (χ4n) is 1.73. The van der Waals surface area contributed by atoms with Gasteiger partial charge in [-0.25, -0.2) is 4.98 Å². The number of hydrogen-bond acceptors (Lipinski definition) is 2. The van der Waals surface area contributed by atoms with Crippen LogP contribution in [0.4, 0.5) is 0 Å². The zero-order valence-electron chi connectivity index (χ0n) is 9.23. The van der Waals surface area contributed by atoms with Crippen molar-refractivity contribution in [3.05, 3.63) is 47.0 Å². The molecule has 1 aromatic heterocycles. The van der Waals surface area contributed by atoms with Gasteiger partial charge in [-0.2, -0.15) is 0 Å². The standard InChI is InChI=1S/C13H14N2S/c1-2-4-10-5-3-6-11(7-10)12-8-14-9-15-13(12)16/h3,5-9H,2,4H2,1H3,(H,14,15,16). The molecule has 2 aromatic rings. The zero-order chi connectivity index (χ0) is 11.4. The molecule has 3 heteroatoms. The summed E-state index contributed by atoms with van der Waals surface area (Å²) in [5, 5.41) is 0. The number of aromatic amines is 1. The summed E-state index contributed by atoms with van der Waals surface area (Å²) in [4.78, 5) is 7.03. The molecule has 0 bridgehead atoms. The van der Waals surface area contributed by atoms with Crippen LogP contribution in [0.5, 0.6) is 0 Å². The van der Waals surface area contributed by atoms with Gasteiger partial charge >= 0.3 is 0 Å². The molecule has 82 valence electrons. The van der Waals surface area contributed by atoms with E-state index in [-0.39, 0.29) is 0 Å². The van der Waals surface area contributed by atoms with E-state index in [0.29, 0.717) is 0 Å². The van der Waals surface area contributed by atoms with E-state index < -0.39 is 0 Å². The van der Waals surface area contributed by atoms with E-state index in [0.717, 1.165) is 28.6 Å². The topological polar surface area (TPSA) is 28.7 Å². The Morgan fingerprint density at radius 3 is 3.00 bits per heavy atom. The molecule has 2 nitrogen and oxygen atoms in total. The molecule has 0 radical (unpaired) electrons. The van der Waals surface area contributed by atoms with Gasteiger partial charge in [-0.1, -0.05) is 49.8 Å². The largest absolute Gasteiger partial charge is 0.337 e. The third-order valence-electron chi connectivity index (χ3n) is 2.50. The predicted molar refractivity (Wildman–Crippen MR) is 68.9 cm³/mol. The van der Waals surface area contributed by atoms with Gasteiger partial charge in [-0.05, 0) is 17.5 Å². The Morgan fingerprint density at radius 2 is 2.25 bits per heavy atom. The van der Waals surface area contributed by atoms with Crippen molar-refractivity contribution in [1.82, 2.24) is 9.97 Å². The Balaban J connectivity index is 2.45. The molecule has 0 aliphatic rings. The van der Waals surface area contributed by atoms with Gasteiger partial charge in [-0.15, -0.1) is 0 Å². The number of aryl methyl sites for hydroxylation is 1. The number of hydrogen-bond donors (Lipinski definition) is 1. The van der Waals surface area contributed by atoms with Crippen molar-refractivity contribution in [2.24, 2.45) is 0 Å². The van der Waals surface area contributed by atoms with Crippen LogP contribution in [-0.4, -0.2) is 9.97 Å². The lowest BCUT2D eigenvalue weighted by molar-refractivity contribution is 0.922. The smallest absolute Gasteiger partial charge is 0.113 e. The first-order valence-corrected chi connectivity index (χ1v) is 5.84. The molecule has 0 amide bonds. The fraction of sp³-hybridized carbons (Fsp3) is 0.231. The molecule has 16 heavy (non-hydrogen) atoms. The van der Waals surface area contributed by atoms with Crippen molar-refractivity contribution in [2.45, 2.75) is 19.8 Å². The minimum atomic E-state index is 0.739. The molecule has 2 rings (SSSR count). The molecule has 0 unspecified atom stereocenters. The van der Waals surface area contributed by atoms with Gasteiger partial charge in [0.2, 0.25) is 0 Å². The highest BCUT2D eigenvalue weighted by Gasteiger charge is 2.01. The van der Waals surface area contributed by atoms with Crippen LogP contribution in [0.2, 0.25) is 0 Å². The van der Waals surface area contributed by atoms with Crippen LogP contribution in [0, 0.1) is 4.64 Å². The Kier molecular flexibility index (Phi) is 3.47. The zero-order valence-corrected chi connectivity index (χ0v) is 10.1. The minimum Gasteiger partial charge on any atom is -0.337 e. The van der Waals surface area contributed by atoms with Gasteiger partial charge in [0.05, 0.1) is 6.33 Å². The molecule has 1 N–H and O–H groups in total. The minimum absolute atomic E-state index is 0.739. The average molecular weight is 230 g/mol. The highest BCUT2D eigenvalue weighted by atomic mass is 32.1. The van der Waals surface area contributed by atoms with Crippen molar-refractivity contribution in [2.75, 3.05) is 0 Å². The lowest BCUT2D eigenvalue weighted by Gasteiger charge is -2.04. The normalized spacial score (nSPS) is 10.3. The lowest BCUT2D eigenvalue weighted by Crippen LogP contribution is -1.87. The highest BCUT2D eigenvalue weighted by molar-refractivity contribution is 7.71. The Morgan fingerprint density at radius 1 is 1.38 bits per heavy atom. The molecule has 0 spiro atoms. The van der Waals surface area contributed by atoms with Crippen molar-refractivity contribution >= 4 is 12.2 Å². The molecule has 0 saturated heterocycles. The molecule has 0 saturated carbocycles. The van der Waals surface area contributed by atoms with E-state index >= 15 is 0 Å². The maximum atomic E-state index is 5.25. The maximum absolute atomic E-state index is 5.25. The molecule has 1 heterocycles. The van der Waals surface area contributed by atoms with E-state index in [1.165, 1.54) is 5.56 Å². The van der Waals surface area contributed by atoms with Crippen molar-refractivity contribution in [3.63, 3.8) is 0 Å². The van der Waals surface area contributed by atoms with Crippen LogP contribution < -0.4 is 0 Å². The number of H-pyrrole nitrogens is 1. The predicted octanol–water partition coefficient (Wildman–Crippen LogP) is 3.76. The van der Waals surface area contributed by atoms with Crippen molar-refractivity contribution < 1.29 is 0 Å². The Labute approximate surface area is 100 Å². The molecule has 0 fully saturated rings. The van der Waals surface area contributed by atoms with Gasteiger partial charge in [0.1, 0.15) is 4.64 Å². The highest BCUT2D eigenvalue weighted by Crippen LogP contribution is 2.20. The summed E-state index contributed by atoms with van der Waals surface area (Å²) in [7, 11) is 0. The SMILES string of the molecule is CCCc1cccc(-c2cnc[nH]c2=S)c1. The van der Waals surface area contributed by atoms with Crippen LogP contribution in [0.1, 0.15) is 18.9 Å². The summed E-state index contributed by atoms with van der Waals surface area (Å²) >= 11 is 5.25. The van der Waals surface area contributed by atoms with E-state index in [4.69, 9.17) is 12.2 Å². The third kappa shape index (κ3) is 2.36. The lowest BCUT2D eigenvalue weighted by atomic mass is 10.0. The molecule has 0 atom stereocenters. The third-order valence-corrected chi connectivity index (χ3v) is 2.83. The monoisotopic (exact) mass is 230 g/mol. The first-order valence-electron chi connectivity index (χ1n) is 5.43. The van der Waals surface area contributed by atoms with Crippen LogP contribution in [0.25, 0.3) is 11.1 Å². The Hall–Kier alpha value is -1.48. The summed E-state index contributed by atoms with van der Waals surface area (Å²) in [6.07, 6.45) is 5.68. The average Bonchev–Trinajstić information content (AvgIpc) is 2.30. The van der Waals surface area contributed by atoms with Gasteiger partial charge in [0.15, 0.2) is 0 Å². The molecular formula is C13H14N2S. The van der Waals surface area contributed by atoms with E-state index in [9.17, 15) is 0 Å². The van der Waals surface area contributed by atoms with Gasteiger partial charge in [0.25, 0.3) is 0 Å². The maximum Gasteiger partial charge on any atom is 0.113 e. The van der Waals surface area contributed by atoms with Crippen LogP contribution in [0.15, 0.2) is 36.8 Å². The quantitative estimate of drug-likeness (QED) is 0.813. The number of nitrogens with one attached hydrogen (secondary N) is 1. The fourth-order valence-corrected chi connectivity index (χ4v) is 1.96. The second-order valence-electron chi connectivity index (χ2n) is 3.74. The molecule has 0 aliphatic carbocycles. The van der Waals surface area contributed by atoms with Gasteiger partial charge < -0.3 is 4.98 Å². The summed E-state index contributed by atoms with van der Waals surface area (Å²) in [5.41, 5.74) is 3.48. The second-order valence-corrected chi connectivity index (χ2v) is 4.15.